The Morgan fingerprint density at radius 2 is 1.82 bits per heavy atom. The first kappa shape index (κ1) is 23.5. The standard InChI is InChI=1S/C22H20F2N2O7/c1-28-15-7-4-13(17(11-15)29-2)6-9-20(27)31-12-19-25-21(26-33-19)14-5-8-16(32-22(23)24)18(10-14)30-3/h4-11,22H,12H2,1-3H3/b9-6+. The maximum absolute atomic E-state index is 12.5. The Morgan fingerprint density at radius 1 is 1.03 bits per heavy atom. The molecule has 0 aliphatic carbocycles. The highest BCUT2D eigenvalue weighted by Gasteiger charge is 2.15. The van der Waals surface area contributed by atoms with Crippen molar-refractivity contribution >= 4 is 12.0 Å². The molecule has 3 aromatic rings. The van der Waals surface area contributed by atoms with E-state index in [2.05, 4.69) is 14.9 Å². The number of nitrogens with zero attached hydrogens (tertiary/aromatic N) is 2. The van der Waals surface area contributed by atoms with Crippen molar-refractivity contribution in [1.29, 1.82) is 0 Å². The predicted octanol–water partition coefficient (Wildman–Crippen LogP) is 4.12. The molecule has 0 aliphatic heterocycles. The second kappa shape index (κ2) is 10.9. The fourth-order valence-electron chi connectivity index (χ4n) is 2.73. The van der Waals surface area contributed by atoms with Crippen molar-refractivity contribution in [2.24, 2.45) is 0 Å². The van der Waals surface area contributed by atoms with Crippen molar-refractivity contribution in [3.63, 3.8) is 0 Å². The second-order valence-electron chi connectivity index (χ2n) is 6.30. The number of carbonyl (C=O) groups is 1. The molecule has 0 unspecified atom stereocenters. The molecule has 0 radical (unpaired) electrons. The van der Waals surface area contributed by atoms with E-state index >= 15 is 0 Å². The number of carbonyl (C=O) groups excluding carboxylic acids is 1. The normalized spacial score (nSPS) is 11.0. The summed E-state index contributed by atoms with van der Waals surface area (Å²) >= 11 is 0. The summed E-state index contributed by atoms with van der Waals surface area (Å²) in [4.78, 5) is 16.2. The zero-order valence-electron chi connectivity index (χ0n) is 17.9. The van der Waals surface area contributed by atoms with Crippen LogP contribution in [0.25, 0.3) is 17.5 Å². The van der Waals surface area contributed by atoms with Gasteiger partial charge in [-0.1, -0.05) is 5.16 Å². The largest absolute Gasteiger partial charge is 0.497 e. The second-order valence-corrected chi connectivity index (χ2v) is 6.30. The number of benzene rings is 2. The smallest absolute Gasteiger partial charge is 0.387 e. The lowest BCUT2D eigenvalue weighted by atomic mass is 10.2. The zero-order valence-corrected chi connectivity index (χ0v) is 17.9. The summed E-state index contributed by atoms with van der Waals surface area (Å²) in [6, 6.07) is 9.34. The average molecular weight is 462 g/mol. The van der Waals surface area contributed by atoms with Crippen molar-refractivity contribution in [2.75, 3.05) is 21.3 Å². The molecule has 33 heavy (non-hydrogen) atoms. The van der Waals surface area contributed by atoms with Gasteiger partial charge >= 0.3 is 12.6 Å². The van der Waals surface area contributed by atoms with Crippen LogP contribution in [0.2, 0.25) is 0 Å². The van der Waals surface area contributed by atoms with Crippen LogP contribution in [0.5, 0.6) is 23.0 Å². The van der Waals surface area contributed by atoms with E-state index in [1.54, 1.807) is 18.2 Å². The average Bonchev–Trinajstić information content (AvgIpc) is 3.30. The molecule has 0 saturated carbocycles. The van der Waals surface area contributed by atoms with Gasteiger partial charge in [0, 0.05) is 23.3 Å². The summed E-state index contributed by atoms with van der Waals surface area (Å²) in [5.74, 6) is 0.650. The van der Waals surface area contributed by atoms with Crippen molar-refractivity contribution in [3.8, 4) is 34.4 Å². The molecule has 0 aliphatic rings. The molecule has 2 aromatic carbocycles. The van der Waals surface area contributed by atoms with E-state index in [4.69, 9.17) is 23.5 Å². The number of alkyl halides is 2. The highest BCUT2D eigenvalue weighted by Crippen LogP contribution is 2.32. The van der Waals surface area contributed by atoms with Crippen LogP contribution in [0.15, 0.2) is 47.0 Å². The van der Waals surface area contributed by atoms with Crippen LogP contribution in [0.4, 0.5) is 8.78 Å². The molecule has 1 aromatic heterocycles. The molecule has 0 amide bonds. The quantitative estimate of drug-likeness (QED) is 0.325. The number of aromatic nitrogens is 2. The highest BCUT2D eigenvalue weighted by molar-refractivity contribution is 5.87. The Balaban J connectivity index is 1.62. The summed E-state index contributed by atoms with van der Waals surface area (Å²) in [5.41, 5.74) is 1.09. The summed E-state index contributed by atoms with van der Waals surface area (Å²) in [7, 11) is 4.36. The van der Waals surface area contributed by atoms with Crippen LogP contribution in [0.1, 0.15) is 11.5 Å². The lowest BCUT2D eigenvalue weighted by molar-refractivity contribution is -0.139. The van der Waals surface area contributed by atoms with Gasteiger partial charge in [-0.05, 0) is 36.4 Å². The van der Waals surface area contributed by atoms with Crippen LogP contribution in [-0.2, 0) is 16.1 Å². The summed E-state index contributed by atoms with van der Waals surface area (Å²) < 4.78 is 54.9. The predicted molar refractivity (Wildman–Crippen MR) is 111 cm³/mol. The van der Waals surface area contributed by atoms with Crippen molar-refractivity contribution in [1.82, 2.24) is 10.1 Å². The van der Waals surface area contributed by atoms with E-state index in [0.717, 1.165) is 0 Å². The third-order valence-electron chi connectivity index (χ3n) is 4.28. The van der Waals surface area contributed by atoms with E-state index < -0.39 is 12.6 Å². The number of hydrogen-bond donors (Lipinski definition) is 0. The van der Waals surface area contributed by atoms with Gasteiger partial charge in [-0.2, -0.15) is 13.8 Å². The van der Waals surface area contributed by atoms with E-state index in [0.29, 0.717) is 22.6 Å². The molecular formula is C22H20F2N2O7. The van der Waals surface area contributed by atoms with Gasteiger partial charge in [0.15, 0.2) is 18.1 Å². The lowest BCUT2D eigenvalue weighted by Gasteiger charge is -2.10. The lowest BCUT2D eigenvalue weighted by Crippen LogP contribution is -2.03. The van der Waals surface area contributed by atoms with Crippen LogP contribution in [0, 0.1) is 0 Å². The van der Waals surface area contributed by atoms with Gasteiger partial charge in [-0.3, -0.25) is 0 Å². The highest BCUT2D eigenvalue weighted by atomic mass is 19.3. The topological polar surface area (TPSA) is 102 Å². The molecule has 0 N–H and O–H groups in total. The van der Waals surface area contributed by atoms with E-state index in [1.807, 2.05) is 0 Å². The van der Waals surface area contributed by atoms with Gasteiger partial charge in [0.1, 0.15) is 11.5 Å². The molecule has 0 atom stereocenters. The van der Waals surface area contributed by atoms with E-state index in [-0.39, 0.29) is 29.8 Å². The molecular weight excluding hydrogens is 442 g/mol. The number of hydrogen-bond acceptors (Lipinski definition) is 9. The Kier molecular flexibility index (Phi) is 7.79. The molecule has 1 heterocycles. The van der Waals surface area contributed by atoms with Crippen LogP contribution in [-0.4, -0.2) is 44.1 Å². The van der Waals surface area contributed by atoms with Crippen molar-refractivity contribution in [2.45, 2.75) is 13.2 Å². The Bertz CT molecular complexity index is 1130. The number of rotatable bonds is 10. The minimum absolute atomic E-state index is 0.0423. The molecule has 174 valence electrons. The maximum atomic E-state index is 12.5. The summed E-state index contributed by atoms with van der Waals surface area (Å²) in [6.07, 6.45) is 2.77. The van der Waals surface area contributed by atoms with E-state index in [9.17, 15) is 13.6 Å². The van der Waals surface area contributed by atoms with Crippen LogP contribution >= 0.6 is 0 Å². The van der Waals surface area contributed by atoms with Gasteiger partial charge in [-0.15, -0.1) is 0 Å². The molecule has 0 bridgehead atoms. The monoisotopic (exact) mass is 462 g/mol. The number of halogens is 2. The maximum Gasteiger partial charge on any atom is 0.387 e. The van der Waals surface area contributed by atoms with Gasteiger partial charge in [0.05, 0.1) is 21.3 Å². The SMILES string of the molecule is COc1ccc(/C=C/C(=O)OCc2nc(-c3ccc(OC(F)F)c(OC)c3)no2)c(OC)c1. The van der Waals surface area contributed by atoms with Crippen LogP contribution < -0.4 is 18.9 Å². The molecule has 11 heteroatoms. The van der Waals surface area contributed by atoms with Gasteiger partial charge < -0.3 is 28.2 Å². The Morgan fingerprint density at radius 3 is 2.52 bits per heavy atom. The number of methoxy groups -OCH3 is 3. The summed E-state index contributed by atoms with van der Waals surface area (Å²) in [5, 5.41) is 3.79. The molecule has 0 fully saturated rings. The Labute approximate surface area is 187 Å². The number of ether oxygens (including phenoxy) is 5. The Hall–Kier alpha value is -4.15. The van der Waals surface area contributed by atoms with Gasteiger partial charge in [0.2, 0.25) is 5.82 Å². The molecule has 0 spiro atoms. The summed E-state index contributed by atoms with van der Waals surface area (Å²) in [6.45, 7) is -3.25. The fourth-order valence-corrected chi connectivity index (χ4v) is 2.73. The van der Waals surface area contributed by atoms with Gasteiger partial charge in [-0.25, -0.2) is 4.79 Å². The fraction of sp³-hybridized carbons (Fsp3) is 0.227. The van der Waals surface area contributed by atoms with Gasteiger partial charge in [0.25, 0.3) is 5.89 Å². The first-order chi connectivity index (χ1) is 15.9. The molecule has 0 saturated heterocycles. The first-order valence-corrected chi connectivity index (χ1v) is 9.46. The number of esters is 1. The van der Waals surface area contributed by atoms with Crippen LogP contribution in [0.3, 0.4) is 0 Å². The third kappa shape index (κ3) is 6.19. The minimum atomic E-state index is -2.99. The van der Waals surface area contributed by atoms with Crippen molar-refractivity contribution in [3.05, 3.63) is 53.9 Å². The first-order valence-electron chi connectivity index (χ1n) is 9.46. The minimum Gasteiger partial charge on any atom is -0.497 e. The van der Waals surface area contributed by atoms with E-state index in [1.165, 1.54) is 51.7 Å². The third-order valence-corrected chi connectivity index (χ3v) is 4.28. The zero-order chi connectivity index (χ0) is 23.8. The molecule has 3 rings (SSSR count). The molecule has 9 nitrogen and oxygen atoms in total. The van der Waals surface area contributed by atoms with Crippen molar-refractivity contribution < 1.29 is 41.8 Å².